The summed E-state index contributed by atoms with van der Waals surface area (Å²) in [4.78, 5) is 22.3. The van der Waals surface area contributed by atoms with Crippen LogP contribution in [0.15, 0.2) is 111 Å². The summed E-state index contributed by atoms with van der Waals surface area (Å²) in [5.74, 6) is -2.24. The first-order chi connectivity index (χ1) is 17.8. The van der Waals surface area contributed by atoms with Crippen molar-refractivity contribution in [2.45, 2.75) is 6.92 Å². The van der Waals surface area contributed by atoms with Crippen molar-refractivity contribution in [2.24, 2.45) is 0 Å². The molecular formula is C29H22F2O6. The van der Waals surface area contributed by atoms with Crippen molar-refractivity contribution in [3.05, 3.63) is 122 Å². The van der Waals surface area contributed by atoms with Crippen LogP contribution in [0.2, 0.25) is 0 Å². The minimum atomic E-state index is -0.667. The van der Waals surface area contributed by atoms with Gasteiger partial charge in [-0.05, 0) is 47.9 Å². The summed E-state index contributed by atoms with van der Waals surface area (Å²) in [7, 11) is 0. The van der Waals surface area contributed by atoms with Gasteiger partial charge < -0.3 is 18.9 Å². The number of carbonyl (C=O) groups is 2. The first-order valence-corrected chi connectivity index (χ1v) is 10.8. The first kappa shape index (κ1) is 26.6. The summed E-state index contributed by atoms with van der Waals surface area (Å²) in [6.45, 7) is 8.21. The molecule has 0 saturated heterocycles. The van der Waals surface area contributed by atoms with Gasteiger partial charge in [0.25, 0.3) is 0 Å². The number of carbonyl (C=O) groups excluding carboxylic acids is 2. The molecule has 0 aliphatic carbocycles. The number of hydrogen-bond acceptors (Lipinski definition) is 6. The van der Waals surface area contributed by atoms with E-state index in [1.54, 1.807) is 42.5 Å². The zero-order valence-corrected chi connectivity index (χ0v) is 19.8. The van der Waals surface area contributed by atoms with E-state index in [9.17, 15) is 18.4 Å². The third-order valence-electron chi connectivity index (χ3n) is 4.79. The van der Waals surface area contributed by atoms with Gasteiger partial charge >= 0.3 is 11.9 Å². The van der Waals surface area contributed by atoms with Crippen LogP contribution in [0.1, 0.15) is 6.92 Å². The van der Waals surface area contributed by atoms with E-state index in [0.717, 1.165) is 31.1 Å². The Morgan fingerprint density at radius 2 is 1.41 bits per heavy atom. The molecule has 0 heterocycles. The van der Waals surface area contributed by atoms with Gasteiger partial charge in [-0.3, -0.25) is 0 Å². The summed E-state index contributed by atoms with van der Waals surface area (Å²) in [6, 6.07) is 15.6. The molecule has 0 aliphatic rings. The molecule has 37 heavy (non-hydrogen) atoms. The minimum Gasteiger partial charge on any atom is -0.462 e. The zero-order chi connectivity index (χ0) is 26.8. The highest BCUT2D eigenvalue weighted by Gasteiger charge is 2.09. The van der Waals surface area contributed by atoms with E-state index in [0.29, 0.717) is 22.3 Å². The molecule has 3 rings (SSSR count). The maximum atomic E-state index is 14.7. The Bertz CT molecular complexity index is 1370. The average Bonchev–Trinajstić information content (AvgIpc) is 2.89. The molecule has 0 spiro atoms. The van der Waals surface area contributed by atoms with Crippen molar-refractivity contribution in [3.8, 4) is 33.8 Å². The topological polar surface area (TPSA) is 71.1 Å². The zero-order valence-electron chi connectivity index (χ0n) is 19.8. The quantitative estimate of drug-likeness (QED) is 0.171. The van der Waals surface area contributed by atoms with Crippen molar-refractivity contribution in [3.63, 3.8) is 0 Å². The van der Waals surface area contributed by atoms with E-state index in [4.69, 9.17) is 14.2 Å². The van der Waals surface area contributed by atoms with Crippen LogP contribution in [0.25, 0.3) is 22.3 Å². The lowest BCUT2D eigenvalue weighted by molar-refractivity contribution is -0.134. The molecule has 0 amide bonds. The summed E-state index contributed by atoms with van der Waals surface area (Å²) < 4.78 is 48.9. The molecule has 0 N–H and O–H groups in total. The second-order valence-corrected chi connectivity index (χ2v) is 7.47. The van der Waals surface area contributed by atoms with E-state index >= 15 is 0 Å². The second-order valence-electron chi connectivity index (χ2n) is 7.47. The Morgan fingerprint density at radius 1 is 0.757 bits per heavy atom. The molecule has 0 aromatic heterocycles. The van der Waals surface area contributed by atoms with Crippen molar-refractivity contribution in [1.82, 2.24) is 0 Å². The molecule has 0 atom stereocenters. The smallest absolute Gasteiger partial charge is 0.338 e. The van der Waals surface area contributed by atoms with E-state index < -0.39 is 23.6 Å². The highest BCUT2D eigenvalue weighted by Crippen LogP contribution is 2.30. The maximum Gasteiger partial charge on any atom is 0.338 e. The highest BCUT2D eigenvalue weighted by atomic mass is 19.1. The van der Waals surface area contributed by atoms with Crippen LogP contribution in [0, 0.1) is 11.6 Å². The van der Waals surface area contributed by atoms with Gasteiger partial charge in [0.15, 0.2) is 11.6 Å². The van der Waals surface area contributed by atoms with Crippen LogP contribution >= 0.6 is 0 Å². The molecule has 0 radical (unpaired) electrons. The van der Waals surface area contributed by atoms with Crippen LogP contribution in [0.3, 0.4) is 0 Å². The molecule has 3 aromatic carbocycles. The van der Waals surface area contributed by atoms with Gasteiger partial charge in [0.1, 0.15) is 36.6 Å². The van der Waals surface area contributed by atoms with E-state index in [2.05, 4.69) is 17.9 Å². The number of esters is 2. The Balaban J connectivity index is 1.65. The van der Waals surface area contributed by atoms with Crippen molar-refractivity contribution in [2.75, 3.05) is 0 Å². The fourth-order valence-electron chi connectivity index (χ4n) is 2.96. The number of rotatable bonds is 10. The van der Waals surface area contributed by atoms with Crippen LogP contribution in [-0.2, 0) is 19.1 Å². The van der Waals surface area contributed by atoms with Gasteiger partial charge in [-0.25, -0.2) is 18.4 Å². The molecule has 3 aromatic rings. The largest absolute Gasteiger partial charge is 0.462 e. The van der Waals surface area contributed by atoms with Crippen LogP contribution < -0.4 is 9.47 Å². The van der Waals surface area contributed by atoms with Gasteiger partial charge in [-0.1, -0.05) is 43.5 Å². The molecule has 0 saturated carbocycles. The number of benzene rings is 3. The fraction of sp³-hybridized carbons (Fsp3) is 0.0345. The van der Waals surface area contributed by atoms with E-state index in [1.807, 2.05) is 0 Å². The minimum absolute atomic E-state index is 0.0560. The summed E-state index contributed by atoms with van der Waals surface area (Å²) in [5, 5.41) is 0. The maximum absolute atomic E-state index is 14.7. The van der Waals surface area contributed by atoms with Gasteiger partial charge in [0.2, 0.25) is 0 Å². The Morgan fingerprint density at radius 3 is 2.05 bits per heavy atom. The second kappa shape index (κ2) is 12.6. The van der Waals surface area contributed by atoms with Gasteiger partial charge in [0.05, 0.1) is 0 Å². The molecular weight excluding hydrogens is 482 g/mol. The molecule has 0 aliphatic heterocycles. The van der Waals surface area contributed by atoms with E-state index in [-0.39, 0.29) is 17.1 Å². The highest BCUT2D eigenvalue weighted by molar-refractivity contribution is 5.87. The standard InChI is InChI=1S/C29H22F2O6/c1-4-28(32)36-15-14-35-27-12-9-22(17-26(27)31)20-5-7-21(8-6-20)24-11-10-23(18-25(24)30)34-13-16-37-29(33)19(2)3/h4-18H,1-2H2,3H3. The summed E-state index contributed by atoms with van der Waals surface area (Å²) >= 11 is 0. The Hall–Kier alpha value is -4.98. The van der Waals surface area contributed by atoms with Crippen molar-refractivity contribution in [1.29, 1.82) is 0 Å². The van der Waals surface area contributed by atoms with Crippen molar-refractivity contribution < 1.29 is 37.3 Å². The third-order valence-corrected chi connectivity index (χ3v) is 4.79. The molecule has 0 fully saturated rings. The predicted molar refractivity (Wildman–Crippen MR) is 134 cm³/mol. The number of hydrogen-bond donors (Lipinski definition) is 0. The van der Waals surface area contributed by atoms with Gasteiger partial charge in [-0.15, -0.1) is 0 Å². The third kappa shape index (κ3) is 7.50. The molecule has 8 heteroatoms. The number of halogens is 2. The van der Waals surface area contributed by atoms with Crippen molar-refractivity contribution >= 4 is 11.9 Å². The molecule has 0 bridgehead atoms. The van der Waals surface area contributed by atoms with Crippen LogP contribution in [0.5, 0.6) is 11.5 Å². The summed E-state index contributed by atoms with van der Waals surface area (Å²) in [6.07, 6.45) is 5.16. The lowest BCUT2D eigenvalue weighted by Crippen LogP contribution is -1.99. The van der Waals surface area contributed by atoms with Crippen LogP contribution in [-0.4, -0.2) is 11.9 Å². The Labute approximate surface area is 212 Å². The molecule has 188 valence electrons. The average molecular weight is 504 g/mol. The van der Waals surface area contributed by atoms with E-state index in [1.165, 1.54) is 25.1 Å². The molecule has 6 nitrogen and oxygen atoms in total. The van der Waals surface area contributed by atoms with Crippen LogP contribution in [0.4, 0.5) is 8.78 Å². The lowest BCUT2D eigenvalue weighted by atomic mass is 10.00. The number of ether oxygens (including phenoxy) is 4. The van der Waals surface area contributed by atoms with Gasteiger partial charge in [0, 0.05) is 23.3 Å². The predicted octanol–water partition coefficient (Wildman–Crippen LogP) is 6.85. The SMILES string of the molecule is C=CC(=O)OC=COc1ccc(-c2ccc(-c3ccc(OC=COC(=O)C(=C)C)cc3F)cc2)cc1F. The molecule has 0 unspecified atom stereocenters. The normalized spacial score (nSPS) is 10.8. The fourth-order valence-corrected chi connectivity index (χ4v) is 2.96. The lowest BCUT2D eigenvalue weighted by Gasteiger charge is -2.09. The van der Waals surface area contributed by atoms with Gasteiger partial charge in [-0.2, -0.15) is 0 Å². The Kier molecular flexibility index (Phi) is 9.10. The first-order valence-electron chi connectivity index (χ1n) is 10.8. The summed E-state index contributed by atoms with van der Waals surface area (Å²) in [5.41, 5.74) is 2.48. The monoisotopic (exact) mass is 504 g/mol.